The Labute approximate surface area is 62.8 Å². The van der Waals surface area contributed by atoms with Crippen molar-refractivity contribution < 1.29 is 4.79 Å². The molecule has 2 atom stereocenters. The van der Waals surface area contributed by atoms with Crippen molar-refractivity contribution in [3.05, 3.63) is 0 Å². The van der Waals surface area contributed by atoms with Crippen LogP contribution in [0.3, 0.4) is 0 Å². The normalized spacial score (nSPS) is 35.6. The summed E-state index contributed by atoms with van der Waals surface area (Å²) in [6, 6.07) is 0. The van der Waals surface area contributed by atoms with Crippen LogP contribution in [-0.4, -0.2) is 5.78 Å². The summed E-state index contributed by atoms with van der Waals surface area (Å²) in [5.74, 6) is 1.74. The molecule has 1 nitrogen and oxygen atoms in total. The Morgan fingerprint density at radius 1 is 1.50 bits per heavy atom. The van der Waals surface area contributed by atoms with E-state index in [4.69, 9.17) is 0 Å². The molecule has 0 spiro atoms. The molecule has 0 aromatic carbocycles. The molecule has 10 heavy (non-hydrogen) atoms. The van der Waals surface area contributed by atoms with E-state index in [1.165, 1.54) is 0 Å². The molecule has 1 saturated carbocycles. The molecule has 0 aromatic rings. The van der Waals surface area contributed by atoms with Crippen molar-refractivity contribution in [2.75, 3.05) is 0 Å². The fourth-order valence-electron chi connectivity index (χ4n) is 1.77. The van der Waals surface area contributed by atoms with Crippen LogP contribution in [0.2, 0.25) is 0 Å². The van der Waals surface area contributed by atoms with Crippen LogP contribution in [-0.2, 0) is 4.79 Å². The van der Waals surface area contributed by atoms with E-state index in [1.807, 2.05) is 0 Å². The van der Waals surface area contributed by atoms with Gasteiger partial charge in [0.05, 0.1) is 0 Å². The third-order valence-corrected chi connectivity index (χ3v) is 3.13. The van der Waals surface area contributed by atoms with E-state index in [1.54, 1.807) is 6.92 Å². The number of carbonyl (C=O) groups excluding carboxylic acids is 1. The van der Waals surface area contributed by atoms with Crippen LogP contribution in [0, 0.1) is 17.3 Å². The van der Waals surface area contributed by atoms with Crippen LogP contribution in [0.25, 0.3) is 0 Å². The average Bonchev–Trinajstić information content (AvgIpc) is 2.17. The second kappa shape index (κ2) is 2.08. The van der Waals surface area contributed by atoms with E-state index in [-0.39, 0.29) is 0 Å². The lowest BCUT2D eigenvalue weighted by atomic mass is 10.1. The monoisotopic (exact) mass is 140 g/mol. The summed E-state index contributed by atoms with van der Waals surface area (Å²) in [5.41, 5.74) is 0.436. The van der Waals surface area contributed by atoms with E-state index in [0.29, 0.717) is 17.1 Å². The molecule has 0 aliphatic heterocycles. The fraction of sp³-hybridized carbons (Fsp3) is 0.889. The SMILES string of the molecule is CC(=O)CC1C(C)C1(C)C. The van der Waals surface area contributed by atoms with Gasteiger partial charge in [-0.15, -0.1) is 0 Å². The maximum atomic E-state index is 10.7. The van der Waals surface area contributed by atoms with E-state index in [2.05, 4.69) is 20.8 Å². The number of carbonyl (C=O) groups is 1. The highest BCUT2D eigenvalue weighted by molar-refractivity contribution is 5.76. The van der Waals surface area contributed by atoms with Crippen LogP contribution >= 0.6 is 0 Å². The highest BCUT2D eigenvalue weighted by Gasteiger charge is 2.54. The lowest BCUT2D eigenvalue weighted by Gasteiger charge is -1.98. The Hall–Kier alpha value is -0.330. The fourth-order valence-corrected chi connectivity index (χ4v) is 1.77. The molecule has 1 aliphatic carbocycles. The van der Waals surface area contributed by atoms with Crippen LogP contribution in [0.5, 0.6) is 0 Å². The van der Waals surface area contributed by atoms with Gasteiger partial charge in [-0.3, -0.25) is 0 Å². The Balaban J connectivity index is 2.42. The third-order valence-electron chi connectivity index (χ3n) is 3.13. The Bertz CT molecular complexity index is 158. The molecule has 58 valence electrons. The minimum absolute atomic E-state index is 0.336. The first-order valence-corrected chi connectivity index (χ1v) is 3.95. The molecular formula is C9H16O. The van der Waals surface area contributed by atoms with Crippen LogP contribution in [0.15, 0.2) is 0 Å². The van der Waals surface area contributed by atoms with Gasteiger partial charge in [-0.1, -0.05) is 20.8 Å². The van der Waals surface area contributed by atoms with Gasteiger partial charge in [0.25, 0.3) is 0 Å². The molecule has 1 rings (SSSR count). The van der Waals surface area contributed by atoms with Crippen molar-refractivity contribution in [1.82, 2.24) is 0 Å². The van der Waals surface area contributed by atoms with Crippen molar-refractivity contribution in [2.24, 2.45) is 17.3 Å². The molecule has 1 aliphatic rings. The number of Topliss-reactive ketones (excluding diaryl/α,β-unsaturated/α-hetero) is 1. The molecule has 0 heterocycles. The molecule has 0 bridgehead atoms. The third kappa shape index (κ3) is 1.09. The summed E-state index contributed by atoms with van der Waals surface area (Å²) in [4.78, 5) is 10.7. The lowest BCUT2D eigenvalue weighted by molar-refractivity contribution is -0.117. The highest BCUT2D eigenvalue weighted by atomic mass is 16.1. The molecule has 2 unspecified atom stereocenters. The Morgan fingerprint density at radius 3 is 2.00 bits per heavy atom. The van der Waals surface area contributed by atoms with Gasteiger partial charge in [0.2, 0.25) is 0 Å². The second-order valence-corrected chi connectivity index (χ2v) is 4.12. The maximum absolute atomic E-state index is 10.7. The second-order valence-electron chi connectivity index (χ2n) is 4.12. The molecule has 1 fully saturated rings. The van der Waals surface area contributed by atoms with Crippen molar-refractivity contribution >= 4 is 5.78 Å². The molecule has 0 saturated heterocycles. The maximum Gasteiger partial charge on any atom is 0.130 e. The molecule has 0 amide bonds. The zero-order valence-corrected chi connectivity index (χ0v) is 7.27. The zero-order chi connectivity index (χ0) is 7.94. The van der Waals surface area contributed by atoms with Crippen molar-refractivity contribution in [3.63, 3.8) is 0 Å². The van der Waals surface area contributed by atoms with Crippen molar-refractivity contribution in [3.8, 4) is 0 Å². The van der Waals surface area contributed by atoms with Crippen molar-refractivity contribution in [2.45, 2.75) is 34.1 Å². The van der Waals surface area contributed by atoms with Crippen LogP contribution in [0.4, 0.5) is 0 Å². The number of rotatable bonds is 2. The molecule has 1 heteroatoms. The van der Waals surface area contributed by atoms with Gasteiger partial charge in [0.15, 0.2) is 0 Å². The first-order valence-electron chi connectivity index (χ1n) is 3.95. The molecule has 0 radical (unpaired) electrons. The first-order chi connectivity index (χ1) is 4.46. The predicted molar refractivity (Wildman–Crippen MR) is 41.7 cm³/mol. The average molecular weight is 140 g/mol. The number of hydrogen-bond acceptors (Lipinski definition) is 1. The van der Waals surface area contributed by atoms with Gasteiger partial charge < -0.3 is 4.79 Å². The first kappa shape index (κ1) is 7.77. The highest BCUT2D eigenvalue weighted by Crippen LogP contribution is 2.59. The molecule has 0 aromatic heterocycles. The summed E-state index contributed by atoms with van der Waals surface area (Å²) in [6.07, 6.45) is 0.786. The number of ketones is 1. The quantitative estimate of drug-likeness (QED) is 0.575. The minimum atomic E-state index is 0.336. The van der Waals surface area contributed by atoms with E-state index in [9.17, 15) is 4.79 Å². The zero-order valence-electron chi connectivity index (χ0n) is 7.27. The van der Waals surface area contributed by atoms with Crippen molar-refractivity contribution in [1.29, 1.82) is 0 Å². The Morgan fingerprint density at radius 2 is 1.90 bits per heavy atom. The van der Waals surface area contributed by atoms with Gasteiger partial charge in [-0.2, -0.15) is 0 Å². The topological polar surface area (TPSA) is 17.1 Å². The van der Waals surface area contributed by atoms with Gasteiger partial charge in [0.1, 0.15) is 5.78 Å². The number of hydrogen-bond donors (Lipinski definition) is 0. The van der Waals surface area contributed by atoms with Gasteiger partial charge in [0, 0.05) is 6.42 Å². The summed E-state index contributed by atoms with van der Waals surface area (Å²) in [6.45, 7) is 8.39. The van der Waals surface area contributed by atoms with Gasteiger partial charge in [-0.05, 0) is 24.2 Å². The van der Waals surface area contributed by atoms with Crippen LogP contribution in [0.1, 0.15) is 34.1 Å². The predicted octanol–water partition coefficient (Wildman–Crippen LogP) is 2.26. The van der Waals surface area contributed by atoms with Crippen LogP contribution < -0.4 is 0 Å². The summed E-state index contributed by atoms with van der Waals surface area (Å²) < 4.78 is 0. The largest absolute Gasteiger partial charge is 0.300 e. The summed E-state index contributed by atoms with van der Waals surface area (Å²) in [5, 5.41) is 0. The summed E-state index contributed by atoms with van der Waals surface area (Å²) in [7, 11) is 0. The lowest BCUT2D eigenvalue weighted by Crippen LogP contribution is -1.96. The van der Waals surface area contributed by atoms with E-state index in [0.717, 1.165) is 12.3 Å². The smallest absolute Gasteiger partial charge is 0.130 e. The van der Waals surface area contributed by atoms with Gasteiger partial charge >= 0.3 is 0 Å². The molecular weight excluding hydrogens is 124 g/mol. The standard InChI is InChI=1S/C9H16O/c1-6(10)5-8-7(2)9(8,3)4/h7-8H,5H2,1-4H3. The van der Waals surface area contributed by atoms with E-state index < -0.39 is 0 Å². The molecule has 0 N–H and O–H groups in total. The van der Waals surface area contributed by atoms with E-state index >= 15 is 0 Å². The Kier molecular flexibility index (Phi) is 1.61. The van der Waals surface area contributed by atoms with Gasteiger partial charge in [-0.25, -0.2) is 0 Å². The summed E-state index contributed by atoms with van der Waals surface area (Å²) >= 11 is 0. The minimum Gasteiger partial charge on any atom is -0.300 e.